The van der Waals surface area contributed by atoms with Crippen molar-refractivity contribution in [2.45, 2.75) is 45.1 Å². The van der Waals surface area contributed by atoms with Crippen LogP contribution in [0.5, 0.6) is 0 Å². The monoisotopic (exact) mass is 290 g/mol. The van der Waals surface area contributed by atoms with Gasteiger partial charge in [-0.1, -0.05) is 18.6 Å². The second-order valence-electron chi connectivity index (χ2n) is 5.30. The summed E-state index contributed by atoms with van der Waals surface area (Å²) in [6, 6.07) is 5.81. The lowest BCUT2D eigenvalue weighted by atomic mass is 9.98. The Balaban J connectivity index is 1.79. The summed E-state index contributed by atoms with van der Waals surface area (Å²) in [5.41, 5.74) is 9.12. The van der Waals surface area contributed by atoms with Gasteiger partial charge in [0.15, 0.2) is 0 Å². The molecule has 1 unspecified atom stereocenters. The van der Waals surface area contributed by atoms with Crippen LogP contribution in [0.2, 0.25) is 0 Å². The normalized spacial score (nSPS) is 14.5. The van der Waals surface area contributed by atoms with Crippen molar-refractivity contribution in [1.29, 1.82) is 0 Å². The Morgan fingerprint density at radius 1 is 1.43 bits per heavy atom. The summed E-state index contributed by atoms with van der Waals surface area (Å²) in [6.07, 6.45) is 3.37. The maximum atomic E-state index is 11.3. The smallest absolute Gasteiger partial charge is 0.305 e. The molecule has 0 bridgehead atoms. The third-order valence-corrected chi connectivity index (χ3v) is 3.63. The molecular formula is C16H22N2O3. The van der Waals surface area contributed by atoms with Crippen LogP contribution in [0.1, 0.15) is 49.8 Å². The predicted molar refractivity (Wildman–Crippen MR) is 80.8 cm³/mol. The van der Waals surface area contributed by atoms with E-state index in [1.807, 2.05) is 18.2 Å². The first-order valence-corrected chi connectivity index (χ1v) is 7.44. The molecule has 0 fully saturated rings. The molecule has 1 aliphatic rings. The molecule has 5 nitrogen and oxygen atoms in total. The lowest BCUT2D eigenvalue weighted by molar-refractivity contribution is -0.143. The molecule has 0 spiro atoms. The minimum Gasteiger partial charge on any atom is -0.466 e. The van der Waals surface area contributed by atoms with E-state index >= 15 is 0 Å². The van der Waals surface area contributed by atoms with E-state index in [1.54, 1.807) is 6.92 Å². The molecule has 114 valence electrons. The summed E-state index contributed by atoms with van der Waals surface area (Å²) in [7, 11) is 0. The number of amides is 1. The lowest BCUT2D eigenvalue weighted by Gasteiger charge is -2.13. The Morgan fingerprint density at radius 2 is 2.24 bits per heavy atom. The number of hydrogen-bond acceptors (Lipinski definition) is 4. The number of fused-ring (bicyclic) bond motifs is 1. The molecule has 1 aliphatic heterocycles. The molecule has 0 radical (unpaired) electrons. The fourth-order valence-corrected chi connectivity index (χ4v) is 2.51. The molecule has 2 rings (SSSR count). The van der Waals surface area contributed by atoms with Crippen molar-refractivity contribution in [1.82, 2.24) is 0 Å². The second kappa shape index (κ2) is 7.22. The summed E-state index contributed by atoms with van der Waals surface area (Å²) in [6.45, 7) is 2.24. The van der Waals surface area contributed by atoms with Gasteiger partial charge in [-0.05, 0) is 37.0 Å². The average Bonchev–Trinajstić information content (AvgIpc) is 2.82. The molecule has 0 saturated heterocycles. The highest BCUT2D eigenvalue weighted by Gasteiger charge is 2.18. The minimum absolute atomic E-state index is 0.0326. The number of rotatable bonds is 7. The van der Waals surface area contributed by atoms with E-state index in [-0.39, 0.29) is 17.9 Å². The number of esters is 1. The van der Waals surface area contributed by atoms with Crippen molar-refractivity contribution in [3.63, 3.8) is 0 Å². The average molecular weight is 290 g/mol. The van der Waals surface area contributed by atoms with E-state index in [0.29, 0.717) is 19.4 Å². The molecule has 0 saturated carbocycles. The first kappa shape index (κ1) is 15.5. The number of carbonyl (C=O) groups excluding carboxylic acids is 2. The van der Waals surface area contributed by atoms with Gasteiger partial charge < -0.3 is 15.8 Å². The second-order valence-corrected chi connectivity index (χ2v) is 5.30. The van der Waals surface area contributed by atoms with Crippen molar-refractivity contribution in [3.8, 4) is 0 Å². The Bertz CT molecular complexity index is 528. The first-order chi connectivity index (χ1) is 10.1. The molecule has 21 heavy (non-hydrogen) atoms. The summed E-state index contributed by atoms with van der Waals surface area (Å²) in [5, 5.41) is 2.81. The Morgan fingerprint density at radius 3 is 3.00 bits per heavy atom. The Labute approximate surface area is 124 Å². The van der Waals surface area contributed by atoms with E-state index in [1.165, 1.54) is 0 Å². The van der Waals surface area contributed by atoms with Gasteiger partial charge in [-0.15, -0.1) is 0 Å². The van der Waals surface area contributed by atoms with E-state index < -0.39 is 0 Å². The fraction of sp³-hybridized carbons (Fsp3) is 0.500. The number of carbonyl (C=O) groups is 2. The number of benzene rings is 1. The van der Waals surface area contributed by atoms with Crippen molar-refractivity contribution >= 4 is 17.6 Å². The third kappa shape index (κ3) is 4.29. The molecule has 1 atom stereocenters. The SMILES string of the molecule is CCOC(=O)CCCCC(N)c1ccc2c(c1)CC(=O)N2. The Kier molecular flexibility index (Phi) is 5.33. The number of unbranched alkanes of at least 4 members (excludes halogenated alkanes) is 1. The van der Waals surface area contributed by atoms with Crippen LogP contribution in [0, 0.1) is 0 Å². The highest BCUT2D eigenvalue weighted by Crippen LogP contribution is 2.27. The van der Waals surface area contributed by atoms with Crippen molar-refractivity contribution in [3.05, 3.63) is 29.3 Å². The van der Waals surface area contributed by atoms with Crippen LogP contribution in [-0.4, -0.2) is 18.5 Å². The molecule has 0 aromatic heterocycles. The van der Waals surface area contributed by atoms with Crippen LogP contribution in [0.3, 0.4) is 0 Å². The molecule has 1 heterocycles. The van der Waals surface area contributed by atoms with Gasteiger partial charge in [0.1, 0.15) is 0 Å². The summed E-state index contributed by atoms with van der Waals surface area (Å²) < 4.78 is 4.88. The maximum absolute atomic E-state index is 11.3. The predicted octanol–water partition coefficient (Wildman–Crippen LogP) is 2.30. The van der Waals surface area contributed by atoms with Gasteiger partial charge in [0.05, 0.1) is 13.0 Å². The summed E-state index contributed by atoms with van der Waals surface area (Å²) >= 11 is 0. The topological polar surface area (TPSA) is 81.4 Å². The van der Waals surface area contributed by atoms with Crippen LogP contribution >= 0.6 is 0 Å². The van der Waals surface area contributed by atoms with E-state index in [2.05, 4.69) is 5.32 Å². The van der Waals surface area contributed by atoms with Crippen LogP contribution in [0.15, 0.2) is 18.2 Å². The number of ether oxygens (including phenoxy) is 1. The van der Waals surface area contributed by atoms with Gasteiger partial charge in [-0.2, -0.15) is 0 Å². The van der Waals surface area contributed by atoms with Crippen molar-refractivity contribution < 1.29 is 14.3 Å². The van der Waals surface area contributed by atoms with Gasteiger partial charge in [0, 0.05) is 18.2 Å². The van der Waals surface area contributed by atoms with Gasteiger partial charge in [-0.25, -0.2) is 0 Å². The zero-order chi connectivity index (χ0) is 15.2. The first-order valence-electron chi connectivity index (χ1n) is 7.44. The molecular weight excluding hydrogens is 268 g/mol. The fourth-order valence-electron chi connectivity index (χ4n) is 2.51. The van der Waals surface area contributed by atoms with Crippen LogP contribution in [0.4, 0.5) is 5.69 Å². The number of hydrogen-bond donors (Lipinski definition) is 2. The molecule has 5 heteroatoms. The third-order valence-electron chi connectivity index (χ3n) is 3.63. The molecule has 1 amide bonds. The molecule has 1 aromatic rings. The zero-order valence-corrected chi connectivity index (χ0v) is 12.4. The number of nitrogens with two attached hydrogens (primary N) is 1. The summed E-state index contributed by atoms with van der Waals surface area (Å²) in [4.78, 5) is 22.5. The number of nitrogens with one attached hydrogen (secondary N) is 1. The maximum Gasteiger partial charge on any atom is 0.305 e. The Hall–Kier alpha value is -1.88. The van der Waals surface area contributed by atoms with E-state index in [0.717, 1.165) is 36.1 Å². The van der Waals surface area contributed by atoms with Gasteiger partial charge in [0.25, 0.3) is 0 Å². The molecule has 3 N–H and O–H groups in total. The van der Waals surface area contributed by atoms with Crippen LogP contribution in [-0.2, 0) is 20.7 Å². The minimum atomic E-state index is -0.145. The summed E-state index contributed by atoms with van der Waals surface area (Å²) in [5.74, 6) is -0.113. The number of anilines is 1. The van der Waals surface area contributed by atoms with Crippen molar-refractivity contribution in [2.75, 3.05) is 11.9 Å². The van der Waals surface area contributed by atoms with Crippen LogP contribution in [0.25, 0.3) is 0 Å². The van der Waals surface area contributed by atoms with Crippen LogP contribution < -0.4 is 11.1 Å². The van der Waals surface area contributed by atoms with Gasteiger partial charge in [0.2, 0.25) is 5.91 Å². The lowest BCUT2D eigenvalue weighted by Crippen LogP contribution is -2.11. The van der Waals surface area contributed by atoms with Crippen molar-refractivity contribution in [2.24, 2.45) is 5.73 Å². The highest BCUT2D eigenvalue weighted by atomic mass is 16.5. The zero-order valence-electron chi connectivity index (χ0n) is 12.4. The quantitative estimate of drug-likeness (QED) is 0.596. The molecule has 1 aromatic carbocycles. The molecule has 0 aliphatic carbocycles. The highest BCUT2D eigenvalue weighted by molar-refractivity contribution is 5.99. The largest absolute Gasteiger partial charge is 0.466 e. The van der Waals surface area contributed by atoms with E-state index in [9.17, 15) is 9.59 Å². The van der Waals surface area contributed by atoms with Gasteiger partial charge >= 0.3 is 5.97 Å². The van der Waals surface area contributed by atoms with Gasteiger partial charge in [-0.3, -0.25) is 9.59 Å². The standard InChI is InChI=1S/C16H22N2O3/c1-2-21-16(20)6-4-3-5-13(17)11-7-8-14-12(9-11)10-15(19)18-14/h7-9,13H,2-6,10,17H2,1H3,(H,18,19). The van der Waals surface area contributed by atoms with E-state index in [4.69, 9.17) is 10.5 Å².